The van der Waals surface area contributed by atoms with Gasteiger partial charge in [-0.15, -0.1) is 0 Å². The summed E-state index contributed by atoms with van der Waals surface area (Å²) < 4.78 is 9.43. The molecule has 0 radical (unpaired) electrons. The molecule has 0 amide bonds. The highest BCUT2D eigenvalue weighted by atomic mass is 16.6. The van der Waals surface area contributed by atoms with Crippen molar-refractivity contribution in [1.29, 1.82) is 0 Å². The second-order valence-electron chi connectivity index (χ2n) is 4.00. The lowest BCUT2D eigenvalue weighted by Gasteiger charge is -2.08. The van der Waals surface area contributed by atoms with Crippen molar-refractivity contribution in [2.24, 2.45) is 5.92 Å². The maximum Gasteiger partial charge on any atom is 0.345 e. The van der Waals surface area contributed by atoms with Crippen molar-refractivity contribution in [2.75, 3.05) is 7.11 Å². The lowest BCUT2D eigenvalue weighted by molar-refractivity contribution is -0.385. The van der Waals surface area contributed by atoms with Gasteiger partial charge in [-0.2, -0.15) is 0 Å². The third kappa shape index (κ3) is 3.51. The summed E-state index contributed by atoms with van der Waals surface area (Å²) in [7, 11) is 1.11. The summed E-state index contributed by atoms with van der Waals surface area (Å²) >= 11 is 0. The minimum atomic E-state index is -0.867. The van der Waals surface area contributed by atoms with E-state index in [9.17, 15) is 19.7 Å². The van der Waals surface area contributed by atoms with Crippen molar-refractivity contribution in [2.45, 2.75) is 13.8 Å². The molecule has 0 unspecified atom stereocenters. The summed E-state index contributed by atoms with van der Waals surface area (Å²) in [6, 6.07) is 3.46. The molecule has 7 heteroatoms. The van der Waals surface area contributed by atoms with Gasteiger partial charge in [0.05, 0.1) is 18.0 Å². The largest absolute Gasteiger partial charge is 0.465 e. The van der Waals surface area contributed by atoms with Crippen molar-refractivity contribution in [3.8, 4) is 5.75 Å². The van der Waals surface area contributed by atoms with E-state index >= 15 is 0 Å². The molecule has 0 aromatic heterocycles. The van der Waals surface area contributed by atoms with Crippen LogP contribution < -0.4 is 4.74 Å². The third-order valence-electron chi connectivity index (χ3n) is 2.26. The summed E-state index contributed by atoms with van der Waals surface area (Å²) in [5, 5.41) is 10.8. The van der Waals surface area contributed by atoms with Crippen LogP contribution >= 0.6 is 0 Å². The Morgan fingerprint density at radius 1 is 1.32 bits per heavy atom. The Morgan fingerprint density at radius 2 is 1.95 bits per heavy atom. The smallest absolute Gasteiger partial charge is 0.345 e. The minimum absolute atomic E-state index is 0.0599. The van der Waals surface area contributed by atoms with Crippen LogP contribution in [-0.4, -0.2) is 24.0 Å². The summed E-state index contributed by atoms with van der Waals surface area (Å²) in [5.41, 5.74) is -0.669. The molecule has 0 bridgehead atoms. The second-order valence-corrected chi connectivity index (χ2v) is 4.00. The van der Waals surface area contributed by atoms with Crippen LogP contribution in [0.15, 0.2) is 18.2 Å². The summed E-state index contributed by atoms with van der Waals surface area (Å²) in [4.78, 5) is 32.9. The van der Waals surface area contributed by atoms with Gasteiger partial charge in [-0.1, -0.05) is 13.8 Å². The van der Waals surface area contributed by atoms with E-state index in [1.165, 1.54) is 6.07 Å². The van der Waals surface area contributed by atoms with E-state index in [4.69, 9.17) is 4.74 Å². The van der Waals surface area contributed by atoms with E-state index < -0.39 is 22.5 Å². The summed E-state index contributed by atoms with van der Waals surface area (Å²) in [6.07, 6.45) is 0. The van der Waals surface area contributed by atoms with E-state index in [0.29, 0.717) is 0 Å². The summed E-state index contributed by atoms with van der Waals surface area (Å²) in [5.74, 6) is -1.65. The van der Waals surface area contributed by atoms with E-state index in [0.717, 1.165) is 19.2 Å². The van der Waals surface area contributed by atoms with Crippen LogP contribution in [-0.2, 0) is 9.53 Å². The van der Waals surface area contributed by atoms with Gasteiger partial charge in [0.15, 0.2) is 0 Å². The number of hydrogen-bond donors (Lipinski definition) is 0. The van der Waals surface area contributed by atoms with Crippen LogP contribution in [0.1, 0.15) is 24.2 Å². The SMILES string of the molecule is COC(=O)c1cc(OC(=O)C(C)C)ccc1[N+](=O)[O-]. The topological polar surface area (TPSA) is 95.7 Å². The Kier molecular flexibility index (Phi) is 4.57. The van der Waals surface area contributed by atoms with Crippen molar-refractivity contribution in [1.82, 2.24) is 0 Å². The number of hydrogen-bond acceptors (Lipinski definition) is 6. The van der Waals surface area contributed by atoms with Crippen LogP contribution in [0.25, 0.3) is 0 Å². The number of esters is 2. The molecule has 0 aliphatic rings. The Balaban J connectivity index is 3.15. The van der Waals surface area contributed by atoms with Gasteiger partial charge in [0.1, 0.15) is 11.3 Å². The molecule has 0 heterocycles. The van der Waals surface area contributed by atoms with Gasteiger partial charge >= 0.3 is 11.9 Å². The van der Waals surface area contributed by atoms with Gasteiger partial charge in [0.25, 0.3) is 5.69 Å². The quantitative estimate of drug-likeness (QED) is 0.358. The van der Waals surface area contributed by atoms with Gasteiger partial charge in [-0.25, -0.2) is 4.79 Å². The average Bonchev–Trinajstić information content (AvgIpc) is 2.37. The maximum atomic E-state index is 11.4. The molecule has 0 aliphatic heterocycles. The van der Waals surface area contributed by atoms with Gasteiger partial charge in [0.2, 0.25) is 0 Å². The minimum Gasteiger partial charge on any atom is -0.465 e. The van der Waals surface area contributed by atoms with E-state index in [2.05, 4.69) is 4.74 Å². The number of nitrogens with zero attached hydrogens (tertiary/aromatic N) is 1. The van der Waals surface area contributed by atoms with Crippen LogP contribution in [0, 0.1) is 16.0 Å². The van der Waals surface area contributed by atoms with Gasteiger partial charge in [-0.05, 0) is 6.07 Å². The van der Waals surface area contributed by atoms with Gasteiger partial charge in [0, 0.05) is 12.1 Å². The Hall–Kier alpha value is -2.44. The molecule has 1 rings (SSSR count). The first-order valence-electron chi connectivity index (χ1n) is 5.45. The molecule has 0 fully saturated rings. The number of methoxy groups -OCH3 is 1. The first-order chi connectivity index (χ1) is 8.86. The lowest BCUT2D eigenvalue weighted by Crippen LogP contribution is -2.15. The van der Waals surface area contributed by atoms with Crippen LogP contribution in [0.5, 0.6) is 5.75 Å². The van der Waals surface area contributed by atoms with Gasteiger partial charge < -0.3 is 9.47 Å². The third-order valence-corrected chi connectivity index (χ3v) is 2.26. The van der Waals surface area contributed by atoms with Crippen LogP contribution in [0.3, 0.4) is 0 Å². The molecular formula is C12H13NO6. The predicted molar refractivity (Wildman–Crippen MR) is 64.9 cm³/mol. The number of benzene rings is 1. The molecule has 102 valence electrons. The average molecular weight is 267 g/mol. The molecule has 7 nitrogen and oxygen atoms in total. The van der Waals surface area contributed by atoms with Crippen LogP contribution in [0.2, 0.25) is 0 Å². The first kappa shape index (κ1) is 14.6. The monoisotopic (exact) mass is 267 g/mol. The molecule has 0 N–H and O–H groups in total. The molecule has 19 heavy (non-hydrogen) atoms. The highest BCUT2D eigenvalue weighted by Crippen LogP contribution is 2.25. The molecule has 1 aromatic carbocycles. The van der Waals surface area contributed by atoms with E-state index in [1.54, 1.807) is 13.8 Å². The number of carbonyl (C=O) groups is 2. The molecule has 1 aromatic rings. The number of carbonyl (C=O) groups excluding carboxylic acids is 2. The molecule has 0 saturated heterocycles. The molecular weight excluding hydrogens is 254 g/mol. The maximum absolute atomic E-state index is 11.4. The van der Waals surface area contributed by atoms with Gasteiger partial charge in [-0.3, -0.25) is 14.9 Å². The molecule has 0 aliphatic carbocycles. The number of ether oxygens (including phenoxy) is 2. The lowest BCUT2D eigenvalue weighted by atomic mass is 10.1. The van der Waals surface area contributed by atoms with E-state index in [1.807, 2.05) is 0 Å². The Bertz CT molecular complexity index is 523. The Morgan fingerprint density at radius 3 is 2.42 bits per heavy atom. The van der Waals surface area contributed by atoms with Crippen molar-refractivity contribution >= 4 is 17.6 Å². The Labute approximate surface area is 109 Å². The fourth-order valence-corrected chi connectivity index (χ4v) is 1.25. The highest BCUT2D eigenvalue weighted by Gasteiger charge is 2.22. The number of rotatable bonds is 4. The van der Waals surface area contributed by atoms with Crippen molar-refractivity contribution in [3.05, 3.63) is 33.9 Å². The number of nitro groups is 1. The van der Waals surface area contributed by atoms with Crippen LogP contribution in [0.4, 0.5) is 5.69 Å². The van der Waals surface area contributed by atoms with Crippen molar-refractivity contribution < 1.29 is 24.0 Å². The summed E-state index contributed by atoms with van der Waals surface area (Å²) in [6.45, 7) is 3.30. The molecule has 0 spiro atoms. The zero-order valence-electron chi connectivity index (χ0n) is 10.7. The van der Waals surface area contributed by atoms with E-state index in [-0.39, 0.29) is 17.2 Å². The predicted octanol–water partition coefficient (Wildman–Crippen LogP) is 1.94. The molecule has 0 saturated carbocycles. The first-order valence-corrected chi connectivity index (χ1v) is 5.45. The normalized spacial score (nSPS) is 10.1. The highest BCUT2D eigenvalue weighted by molar-refractivity contribution is 5.94. The zero-order valence-corrected chi connectivity index (χ0v) is 10.7. The fraction of sp³-hybridized carbons (Fsp3) is 0.333. The fourth-order valence-electron chi connectivity index (χ4n) is 1.25. The molecule has 0 atom stereocenters. The number of nitro benzene ring substituents is 1. The second kappa shape index (κ2) is 5.94. The zero-order chi connectivity index (χ0) is 14.6. The van der Waals surface area contributed by atoms with Crippen molar-refractivity contribution in [3.63, 3.8) is 0 Å². The standard InChI is InChI=1S/C12H13NO6/c1-7(2)11(14)19-8-4-5-10(13(16)17)9(6-8)12(15)18-3/h4-7H,1-3H3.